The lowest BCUT2D eigenvalue weighted by Crippen LogP contribution is -2.45. The molecule has 3 aromatic rings. The first kappa shape index (κ1) is 22.2. The van der Waals surface area contributed by atoms with Crippen LogP contribution in [0.15, 0.2) is 36.4 Å². The van der Waals surface area contributed by atoms with E-state index in [1.54, 1.807) is 11.0 Å². The Bertz CT molecular complexity index is 1300. The normalized spacial score (nSPS) is 18.1. The molecule has 2 aromatic carbocycles. The van der Waals surface area contributed by atoms with E-state index >= 15 is 8.78 Å². The van der Waals surface area contributed by atoms with Gasteiger partial charge in [0.2, 0.25) is 0 Å². The number of hydrogen-bond donors (Lipinski definition) is 1. The molecule has 5 rings (SSSR count). The third-order valence-corrected chi connectivity index (χ3v) is 6.36. The molecular weight excluding hydrogens is 443 g/mol. The van der Waals surface area contributed by atoms with E-state index in [0.29, 0.717) is 18.7 Å². The summed E-state index contributed by atoms with van der Waals surface area (Å²) in [6.45, 7) is 0.852. The van der Waals surface area contributed by atoms with Crippen molar-refractivity contribution in [1.29, 1.82) is 5.26 Å². The summed E-state index contributed by atoms with van der Waals surface area (Å²) < 4.78 is 45.7. The van der Waals surface area contributed by atoms with Gasteiger partial charge in [-0.05, 0) is 67.5 Å². The summed E-state index contributed by atoms with van der Waals surface area (Å²) in [6.07, 6.45) is 3.31. The van der Waals surface area contributed by atoms with Crippen LogP contribution in [-0.2, 0) is 0 Å². The van der Waals surface area contributed by atoms with Gasteiger partial charge in [-0.15, -0.1) is 0 Å². The monoisotopic (exact) mass is 465 g/mol. The number of likely N-dealkylation sites (tertiary alicyclic amines) is 1. The minimum absolute atomic E-state index is 0.0288. The van der Waals surface area contributed by atoms with E-state index < -0.39 is 29.0 Å². The highest BCUT2D eigenvalue weighted by molar-refractivity contribution is 5.93. The number of halogens is 3. The molecule has 1 aliphatic heterocycles. The molecule has 2 fully saturated rings. The van der Waals surface area contributed by atoms with E-state index in [9.17, 15) is 9.18 Å². The van der Waals surface area contributed by atoms with Crippen molar-refractivity contribution in [3.63, 3.8) is 0 Å². The third kappa shape index (κ3) is 4.05. The number of benzene rings is 2. The molecule has 1 atom stereocenters. The van der Waals surface area contributed by atoms with Crippen LogP contribution in [0.1, 0.15) is 53.2 Å². The van der Waals surface area contributed by atoms with Gasteiger partial charge >= 0.3 is 0 Å². The zero-order chi connectivity index (χ0) is 24.0. The Hall–Kier alpha value is -3.64. The van der Waals surface area contributed by atoms with Gasteiger partial charge < -0.3 is 10.6 Å². The Morgan fingerprint density at radius 1 is 1.06 bits per heavy atom. The summed E-state index contributed by atoms with van der Waals surface area (Å²) in [5.74, 6) is -2.70. The van der Waals surface area contributed by atoms with Crippen LogP contribution in [0.25, 0.3) is 16.9 Å². The summed E-state index contributed by atoms with van der Waals surface area (Å²) in [6, 6.07) is 9.35. The highest BCUT2D eigenvalue weighted by Crippen LogP contribution is 2.41. The molecule has 0 bridgehead atoms. The van der Waals surface area contributed by atoms with Gasteiger partial charge in [-0.2, -0.15) is 10.4 Å². The van der Waals surface area contributed by atoms with Crippen molar-refractivity contribution in [1.82, 2.24) is 14.7 Å². The molecule has 2 N–H and O–H groups in total. The number of carbonyl (C=O) groups is 1. The summed E-state index contributed by atoms with van der Waals surface area (Å²) in [5, 5.41) is 13.3. The zero-order valence-corrected chi connectivity index (χ0v) is 18.3. The van der Waals surface area contributed by atoms with E-state index in [1.165, 1.54) is 30.3 Å². The summed E-state index contributed by atoms with van der Waals surface area (Å²) >= 11 is 0. The van der Waals surface area contributed by atoms with Gasteiger partial charge in [-0.25, -0.2) is 17.9 Å². The summed E-state index contributed by atoms with van der Waals surface area (Å²) in [5.41, 5.74) is 6.29. The minimum atomic E-state index is -0.820. The molecule has 0 radical (unpaired) electrons. The Kier molecular flexibility index (Phi) is 5.62. The lowest BCUT2D eigenvalue weighted by atomic mass is 10.1. The fourth-order valence-corrected chi connectivity index (χ4v) is 4.42. The molecule has 174 valence electrons. The first-order chi connectivity index (χ1) is 16.4. The fourth-order valence-electron chi connectivity index (χ4n) is 4.42. The van der Waals surface area contributed by atoms with E-state index in [1.807, 2.05) is 0 Å². The first-order valence-electron chi connectivity index (χ1n) is 11.2. The molecule has 1 saturated heterocycles. The number of hydrogen-bond acceptors (Lipinski definition) is 4. The Morgan fingerprint density at radius 2 is 1.79 bits per heavy atom. The minimum Gasteiger partial charge on any atom is -0.336 e. The second kappa shape index (κ2) is 8.61. The van der Waals surface area contributed by atoms with Gasteiger partial charge in [0, 0.05) is 24.7 Å². The molecule has 1 saturated carbocycles. The maximum atomic E-state index is 15.2. The van der Waals surface area contributed by atoms with Gasteiger partial charge in [-0.1, -0.05) is 6.07 Å². The van der Waals surface area contributed by atoms with Crippen molar-refractivity contribution in [3.05, 3.63) is 70.7 Å². The van der Waals surface area contributed by atoms with Crippen LogP contribution in [0.4, 0.5) is 13.2 Å². The Morgan fingerprint density at radius 3 is 2.41 bits per heavy atom. The van der Waals surface area contributed by atoms with Crippen molar-refractivity contribution in [2.24, 2.45) is 5.73 Å². The zero-order valence-electron chi connectivity index (χ0n) is 18.3. The van der Waals surface area contributed by atoms with Crippen molar-refractivity contribution in [2.75, 3.05) is 13.1 Å². The molecule has 1 aromatic heterocycles. The lowest BCUT2D eigenvalue weighted by Gasteiger charge is -2.30. The number of amides is 1. The molecular formula is C25H22F3N5O. The van der Waals surface area contributed by atoms with Crippen LogP contribution < -0.4 is 5.73 Å². The summed E-state index contributed by atoms with van der Waals surface area (Å²) in [7, 11) is 0. The third-order valence-electron chi connectivity index (χ3n) is 6.36. The van der Waals surface area contributed by atoms with E-state index in [4.69, 9.17) is 11.0 Å². The molecule has 1 unspecified atom stereocenters. The van der Waals surface area contributed by atoms with Crippen LogP contribution in [0.2, 0.25) is 0 Å². The van der Waals surface area contributed by atoms with Crippen molar-refractivity contribution >= 4 is 5.91 Å². The number of rotatable bonds is 4. The van der Waals surface area contributed by atoms with Crippen molar-refractivity contribution in [3.8, 4) is 23.0 Å². The molecule has 34 heavy (non-hydrogen) atoms. The molecule has 2 aliphatic rings. The standard InChI is InChI=1S/C25H22F3N5O/c26-19-8-15(5-6-16(19)12-29)23-11-22(25(34)32-7-1-2-18(30)13-32)31-33(23)24-20(27)9-17(10-21(24)28)14-3-4-14/h5-6,8-11,14,18H,1-4,7,13,30H2. The van der Waals surface area contributed by atoms with Crippen LogP contribution in [-0.4, -0.2) is 39.7 Å². The molecule has 2 heterocycles. The number of carbonyl (C=O) groups excluding carboxylic acids is 1. The predicted molar refractivity (Wildman–Crippen MR) is 119 cm³/mol. The second-order valence-electron chi connectivity index (χ2n) is 8.89. The fraction of sp³-hybridized carbons (Fsp3) is 0.320. The van der Waals surface area contributed by atoms with Crippen molar-refractivity contribution < 1.29 is 18.0 Å². The largest absolute Gasteiger partial charge is 0.336 e. The van der Waals surface area contributed by atoms with Gasteiger partial charge in [0.05, 0.1) is 11.3 Å². The van der Waals surface area contributed by atoms with Crippen LogP contribution in [0, 0.1) is 28.8 Å². The smallest absolute Gasteiger partial charge is 0.274 e. The van der Waals surface area contributed by atoms with Gasteiger partial charge in [0.25, 0.3) is 5.91 Å². The maximum Gasteiger partial charge on any atom is 0.274 e. The van der Waals surface area contributed by atoms with Gasteiger partial charge in [-0.3, -0.25) is 4.79 Å². The quantitative estimate of drug-likeness (QED) is 0.623. The SMILES string of the molecule is N#Cc1ccc(-c2cc(C(=O)N3CCCC(N)C3)nn2-c2c(F)cc(C3CC3)cc2F)cc1F. The number of nitriles is 1. The number of nitrogens with two attached hydrogens (primary N) is 1. The lowest BCUT2D eigenvalue weighted by molar-refractivity contribution is 0.0702. The molecule has 6 nitrogen and oxygen atoms in total. The Labute approximate surface area is 194 Å². The van der Waals surface area contributed by atoms with Gasteiger partial charge in [0.1, 0.15) is 17.6 Å². The molecule has 0 spiro atoms. The number of nitrogens with zero attached hydrogens (tertiary/aromatic N) is 4. The van der Waals surface area contributed by atoms with E-state index in [2.05, 4.69) is 5.10 Å². The first-order valence-corrected chi connectivity index (χ1v) is 11.2. The van der Waals surface area contributed by atoms with Gasteiger partial charge in [0.15, 0.2) is 17.3 Å². The highest BCUT2D eigenvalue weighted by atomic mass is 19.1. The Balaban J connectivity index is 1.63. The molecule has 9 heteroatoms. The van der Waals surface area contributed by atoms with E-state index in [-0.39, 0.29) is 34.5 Å². The van der Waals surface area contributed by atoms with Crippen LogP contribution in [0.3, 0.4) is 0 Å². The average molecular weight is 465 g/mol. The second-order valence-corrected chi connectivity index (χ2v) is 8.89. The van der Waals surface area contributed by atoms with Crippen molar-refractivity contribution in [2.45, 2.75) is 37.6 Å². The van der Waals surface area contributed by atoms with Crippen LogP contribution in [0.5, 0.6) is 0 Å². The summed E-state index contributed by atoms with van der Waals surface area (Å²) in [4.78, 5) is 14.7. The number of aromatic nitrogens is 2. The topological polar surface area (TPSA) is 87.9 Å². The van der Waals surface area contributed by atoms with E-state index in [0.717, 1.165) is 36.4 Å². The highest BCUT2D eigenvalue weighted by Gasteiger charge is 2.29. The average Bonchev–Trinajstić information content (AvgIpc) is 3.58. The number of piperidine rings is 1. The molecule has 1 amide bonds. The predicted octanol–water partition coefficient (Wildman–Crippen LogP) is 4.27. The maximum absolute atomic E-state index is 15.2. The molecule has 1 aliphatic carbocycles. The van der Waals surface area contributed by atoms with Crippen LogP contribution >= 0.6 is 0 Å².